The third kappa shape index (κ3) is 7.54. The Bertz CT molecular complexity index is 1390. The molecular formula is C33H41F2N5O3. The Kier molecular flexibility index (Phi) is 9.66. The minimum Gasteiger partial charge on any atom is -0.462 e. The molecule has 43 heavy (non-hydrogen) atoms. The first-order valence-corrected chi connectivity index (χ1v) is 15.2. The summed E-state index contributed by atoms with van der Waals surface area (Å²) < 4.78 is 32.1. The molecule has 0 radical (unpaired) electrons. The van der Waals surface area contributed by atoms with Crippen LogP contribution in [-0.4, -0.2) is 45.2 Å². The standard InChI is InChI=1S/C33H41F2N5O3/c1-20-16-27(39-30(17-20)40-29-18-22(31(34)35)14-15-37-29)23-6-13-28(38-19-23)33(2,42)24-7-4-21(5-8-24)32(41)43-26-11-9-25(36-3)10-12-26/h6,13-19,21,24-26,31,36,42H,4-5,7-12H2,1-3H3,(H,37,39,40)/t21?,24?,25?,26?,33-/m1/s1. The van der Waals surface area contributed by atoms with Crippen molar-refractivity contribution in [3.05, 3.63) is 65.6 Å². The van der Waals surface area contributed by atoms with Gasteiger partial charge in [0.1, 0.15) is 23.3 Å². The van der Waals surface area contributed by atoms with Crippen molar-refractivity contribution >= 4 is 17.6 Å². The molecule has 0 bridgehead atoms. The predicted molar refractivity (Wildman–Crippen MR) is 161 cm³/mol. The summed E-state index contributed by atoms with van der Waals surface area (Å²) in [6.07, 6.45) is 7.17. The van der Waals surface area contributed by atoms with Crippen LogP contribution in [0.4, 0.5) is 20.4 Å². The van der Waals surface area contributed by atoms with Crippen LogP contribution in [0.15, 0.2) is 48.8 Å². The molecule has 0 unspecified atom stereocenters. The molecule has 3 aromatic rings. The first kappa shape index (κ1) is 30.9. The second kappa shape index (κ2) is 13.4. The number of carbonyl (C=O) groups excluding carboxylic acids is 1. The molecule has 2 saturated carbocycles. The quantitative estimate of drug-likeness (QED) is 0.238. The molecule has 3 heterocycles. The van der Waals surface area contributed by atoms with Crippen LogP contribution >= 0.6 is 0 Å². The van der Waals surface area contributed by atoms with Gasteiger partial charge in [-0.05, 0) is 120 Å². The normalized spacial score (nSPS) is 23.9. The van der Waals surface area contributed by atoms with Gasteiger partial charge in [-0.25, -0.2) is 18.7 Å². The lowest BCUT2D eigenvalue weighted by molar-refractivity contribution is -0.158. The highest BCUT2D eigenvalue weighted by atomic mass is 19.3. The summed E-state index contributed by atoms with van der Waals surface area (Å²) in [5.74, 6) is 0.528. The number of aryl methyl sites for hydroxylation is 1. The summed E-state index contributed by atoms with van der Waals surface area (Å²) in [5, 5.41) is 17.9. The lowest BCUT2D eigenvalue weighted by Gasteiger charge is -2.37. The lowest BCUT2D eigenvalue weighted by Crippen LogP contribution is -2.38. The zero-order valence-corrected chi connectivity index (χ0v) is 25.0. The third-order valence-electron chi connectivity index (χ3n) is 9.06. The van der Waals surface area contributed by atoms with Crippen LogP contribution in [0.1, 0.15) is 81.5 Å². The number of nitrogens with one attached hydrogen (secondary N) is 2. The Morgan fingerprint density at radius 1 is 1.00 bits per heavy atom. The van der Waals surface area contributed by atoms with Crippen molar-refractivity contribution in [3.8, 4) is 11.3 Å². The number of esters is 1. The van der Waals surface area contributed by atoms with Gasteiger partial charge in [-0.15, -0.1) is 0 Å². The Morgan fingerprint density at radius 2 is 1.74 bits per heavy atom. The SMILES string of the molecule is CNC1CCC(OC(=O)C2CCC([C@@](C)(O)c3ccc(-c4cc(C)cc(Nc5cc(C(F)F)ccn5)n4)cn3)CC2)CC1. The highest BCUT2D eigenvalue weighted by Crippen LogP contribution is 2.41. The van der Waals surface area contributed by atoms with Crippen molar-refractivity contribution in [2.75, 3.05) is 12.4 Å². The van der Waals surface area contributed by atoms with Crippen molar-refractivity contribution in [3.63, 3.8) is 0 Å². The van der Waals surface area contributed by atoms with Crippen LogP contribution < -0.4 is 10.6 Å². The highest BCUT2D eigenvalue weighted by Gasteiger charge is 2.39. The summed E-state index contributed by atoms with van der Waals surface area (Å²) >= 11 is 0. The molecular weight excluding hydrogens is 552 g/mol. The third-order valence-corrected chi connectivity index (χ3v) is 9.06. The minimum absolute atomic E-state index is 0.0174. The first-order valence-electron chi connectivity index (χ1n) is 15.2. The number of anilines is 2. The summed E-state index contributed by atoms with van der Waals surface area (Å²) in [7, 11) is 1.98. The average Bonchev–Trinajstić information content (AvgIpc) is 3.01. The molecule has 230 valence electrons. The fraction of sp³-hybridized carbons (Fsp3) is 0.515. The predicted octanol–water partition coefficient (Wildman–Crippen LogP) is 6.62. The van der Waals surface area contributed by atoms with E-state index in [-0.39, 0.29) is 35.3 Å². The number of hydrogen-bond donors (Lipinski definition) is 3. The fourth-order valence-electron chi connectivity index (χ4n) is 6.34. The van der Waals surface area contributed by atoms with E-state index in [9.17, 15) is 18.7 Å². The Hall–Kier alpha value is -3.50. The van der Waals surface area contributed by atoms with Gasteiger partial charge < -0.3 is 20.5 Å². The Balaban J connectivity index is 1.19. The molecule has 0 aromatic carbocycles. The second-order valence-corrected chi connectivity index (χ2v) is 12.1. The van der Waals surface area contributed by atoms with E-state index in [4.69, 9.17) is 4.74 Å². The summed E-state index contributed by atoms with van der Waals surface area (Å²) in [6.45, 7) is 3.72. The monoisotopic (exact) mass is 593 g/mol. The van der Waals surface area contributed by atoms with Crippen LogP contribution in [0, 0.1) is 18.8 Å². The maximum absolute atomic E-state index is 13.1. The summed E-state index contributed by atoms with van der Waals surface area (Å²) in [5.41, 5.74) is 1.65. The van der Waals surface area contributed by atoms with E-state index in [1.807, 2.05) is 38.2 Å². The number of rotatable bonds is 9. The number of alkyl halides is 2. The van der Waals surface area contributed by atoms with Crippen LogP contribution in [0.2, 0.25) is 0 Å². The van der Waals surface area contributed by atoms with Gasteiger partial charge in [0.05, 0.1) is 17.3 Å². The molecule has 2 aliphatic carbocycles. The lowest BCUT2D eigenvalue weighted by atomic mass is 9.73. The molecule has 10 heteroatoms. The molecule has 2 fully saturated rings. The molecule has 0 amide bonds. The first-order chi connectivity index (χ1) is 20.6. The van der Waals surface area contributed by atoms with Gasteiger partial charge in [0.15, 0.2) is 0 Å². The molecule has 0 spiro atoms. The highest BCUT2D eigenvalue weighted by molar-refractivity contribution is 5.72. The number of carbonyl (C=O) groups is 1. The Labute approximate surface area is 251 Å². The maximum Gasteiger partial charge on any atom is 0.309 e. The molecule has 3 N–H and O–H groups in total. The second-order valence-electron chi connectivity index (χ2n) is 12.1. The van der Waals surface area contributed by atoms with Crippen molar-refractivity contribution in [1.29, 1.82) is 0 Å². The minimum atomic E-state index is -2.59. The van der Waals surface area contributed by atoms with Gasteiger partial charge in [-0.1, -0.05) is 0 Å². The zero-order chi connectivity index (χ0) is 30.6. The number of aromatic nitrogens is 3. The summed E-state index contributed by atoms with van der Waals surface area (Å²) in [6, 6.07) is 10.5. The van der Waals surface area contributed by atoms with Gasteiger partial charge in [-0.2, -0.15) is 0 Å². The van der Waals surface area contributed by atoms with E-state index in [2.05, 4.69) is 25.6 Å². The molecule has 1 atom stereocenters. The van der Waals surface area contributed by atoms with Crippen molar-refractivity contribution < 1.29 is 23.4 Å². The largest absolute Gasteiger partial charge is 0.462 e. The topological polar surface area (TPSA) is 109 Å². The van der Waals surface area contributed by atoms with Crippen LogP contribution in [0.25, 0.3) is 11.3 Å². The van der Waals surface area contributed by atoms with E-state index in [1.165, 1.54) is 18.3 Å². The number of pyridine rings is 3. The molecule has 5 rings (SSSR count). The maximum atomic E-state index is 13.1. The van der Waals surface area contributed by atoms with Gasteiger partial charge in [-0.3, -0.25) is 9.78 Å². The number of nitrogens with zero attached hydrogens (tertiary/aromatic N) is 3. The van der Waals surface area contributed by atoms with E-state index < -0.39 is 12.0 Å². The van der Waals surface area contributed by atoms with E-state index in [0.717, 1.165) is 49.7 Å². The fourth-order valence-corrected chi connectivity index (χ4v) is 6.34. The van der Waals surface area contributed by atoms with E-state index in [0.29, 0.717) is 36.1 Å². The molecule has 2 aliphatic rings. The van der Waals surface area contributed by atoms with Gasteiger partial charge >= 0.3 is 5.97 Å². The zero-order valence-electron chi connectivity index (χ0n) is 25.0. The van der Waals surface area contributed by atoms with Crippen molar-refractivity contribution in [2.45, 2.75) is 89.4 Å². The smallest absolute Gasteiger partial charge is 0.309 e. The van der Waals surface area contributed by atoms with E-state index >= 15 is 0 Å². The molecule has 3 aromatic heterocycles. The van der Waals surface area contributed by atoms with Crippen molar-refractivity contribution in [2.24, 2.45) is 11.8 Å². The van der Waals surface area contributed by atoms with E-state index in [1.54, 1.807) is 13.1 Å². The molecule has 0 saturated heterocycles. The average molecular weight is 594 g/mol. The van der Waals surface area contributed by atoms with Gasteiger partial charge in [0.2, 0.25) is 0 Å². The van der Waals surface area contributed by atoms with Gasteiger partial charge in [0, 0.05) is 29.6 Å². The van der Waals surface area contributed by atoms with Crippen molar-refractivity contribution in [1.82, 2.24) is 20.3 Å². The molecule has 0 aliphatic heterocycles. The number of aliphatic hydroxyl groups is 1. The molecule has 8 nitrogen and oxygen atoms in total. The number of hydrogen-bond acceptors (Lipinski definition) is 8. The van der Waals surface area contributed by atoms with Gasteiger partial charge in [0.25, 0.3) is 6.43 Å². The van der Waals surface area contributed by atoms with Crippen LogP contribution in [0.5, 0.6) is 0 Å². The Morgan fingerprint density at radius 3 is 2.40 bits per heavy atom. The van der Waals surface area contributed by atoms with Crippen LogP contribution in [-0.2, 0) is 15.1 Å². The number of halogens is 2. The van der Waals surface area contributed by atoms with Crippen LogP contribution in [0.3, 0.4) is 0 Å². The number of ether oxygens (including phenoxy) is 1. The summed E-state index contributed by atoms with van der Waals surface area (Å²) in [4.78, 5) is 26.2.